The second kappa shape index (κ2) is 3.50. The first-order valence-corrected chi connectivity index (χ1v) is 4.64. The molecule has 2 aromatic rings. The normalized spacial score (nSPS) is 10.5. The quantitative estimate of drug-likeness (QED) is 0.637. The standard InChI is InChI=1S/C10H8F2NP/c11-7-3-4-8(9(12)10(7)14)13-5-1-2-6-13/h1-6H,14H2. The van der Waals surface area contributed by atoms with Crippen LogP contribution in [0, 0.1) is 11.6 Å². The predicted molar refractivity (Wildman–Crippen MR) is 55.0 cm³/mol. The Morgan fingerprint density at radius 3 is 2.36 bits per heavy atom. The van der Waals surface area contributed by atoms with Crippen LogP contribution < -0.4 is 5.30 Å². The molecule has 0 N–H and O–H groups in total. The van der Waals surface area contributed by atoms with Crippen LogP contribution in [0.4, 0.5) is 8.78 Å². The lowest BCUT2D eigenvalue weighted by Gasteiger charge is -2.06. The third kappa shape index (κ3) is 1.44. The summed E-state index contributed by atoms with van der Waals surface area (Å²) in [6, 6.07) is 6.23. The second-order valence-electron chi connectivity index (χ2n) is 2.88. The monoisotopic (exact) mass is 211 g/mol. The molecule has 0 amide bonds. The highest BCUT2D eigenvalue weighted by Crippen LogP contribution is 2.14. The first-order chi connectivity index (χ1) is 6.70. The zero-order valence-corrected chi connectivity index (χ0v) is 8.40. The van der Waals surface area contributed by atoms with E-state index < -0.39 is 11.6 Å². The van der Waals surface area contributed by atoms with Crippen molar-refractivity contribution in [3.05, 3.63) is 48.3 Å². The maximum atomic E-state index is 13.5. The fraction of sp³-hybridized carbons (Fsp3) is 0. The molecule has 2 rings (SSSR count). The van der Waals surface area contributed by atoms with Crippen molar-refractivity contribution in [1.82, 2.24) is 4.57 Å². The zero-order chi connectivity index (χ0) is 10.1. The molecule has 0 radical (unpaired) electrons. The third-order valence-electron chi connectivity index (χ3n) is 1.99. The second-order valence-corrected chi connectivity index (χ2v) is 3.46. The summed E-state index contributed by atoms with van der Waals surface area (Å²) >= 11 is 0. The number of hydrogen-bond donors (Lipinski definition) is 0. The molecule has 4 heteroatoms. The smallest absolute Gasteiger partial charge is 0.157 e. The Bertz CT molecular complexity index is 451. The Labute approximate surface area is 82.6 Å². The lowest BCUT2D eigenvalue weighted by molar-refractivity contribution is 0.593. The van der Waals surface area contributed by atoms with E-state index in [1.807, 2.05) is 0 Å². The van der Waals surface area contributed by atoms with Gasteiger partial charge in [-0.05, 0) is 24.3 Å². The van der Waals surface area contributed by atoms with Crippen LogP contribution >= 0.6 is 9.24 Å². The van der Waals surface area contributed by atoms with Crippen LogP contribution in [0.3, 0.4) is 0 Å². The molecule has 14 heavy (non-hydrogen) atoms. The molecule has 1 heterocycles. The van der Waals surface area contributed by atoms with Gasteiger partial charge >= 0.3 is 0 Å². The van der Waals surface area contributed by atoms with Crippen molar-refractivity contribution in [3.8, 4) is 5.69 Å². The van der Waals surface area contributed by atoms with Gasteiger partial charge in [0.2, 0.25) is 0 Å². The van der Waals surface area contributed by atoms with Gasteiger partial charge in [-0.1, -0.05) is 9.24 Å². The van der Waals surface area contributed by atoms with E-state index in [0.717, 1.165) is 0 Å². The minimum atomic E-state index is -0.552. The number of rotatable bonds is 1. The van der Waals surface area contributed by atoms with Crippen molar-refractivity contribution >= 4 is 14.5 Å². The first-order valence-electron chi connectivity index (χ1n) is 4.07. The molecular formula is C10H8F2NP. The first kappa shape index (κ1) is 9.35. The third-order valence-corrected chi connectivity index (χ3v) is 2.52. The van der Waals surface area contributed by atoms with Gasteiger partial charge in [-0.3, -0.25) is 0 Å². The predicted octanol–water partition coefficient (Wildman–Crippen LogP) is 2.26. The van der Waals surface area contributed by atoms with Crippen molar-refractivity contribution in [2.24, 2.45) is 0 Å². The number of hydrogen-bond acceptors (Lipinski definition) is 0. The molecule has 0 saturated heterocycles. The van der Waals surface area contributed by atoms with E-state index in [-0.39, 0.29) is 5.30 Å². The van der Waals surface area contributed by atoms with Gasteiger partial charge < -0.3 is 4.57 Å². The molecule has 72 valence electrons. The fourth-order valence-corrected chi connectivity index (χ4v) is 1.50. The maximum Gasteiger partial charge on any atom is 0.157 e. The molecule has 0 fully saturated rings. The van der Waals surface area contributed by atoms with Crippen LogP contribution in [0.2, 0.25) is 0 Å². The molecule has 1 aromatic heterocycles. The van der Waals surface area contributed by atoms with Crippen LogP contribution in [0.15, 0.2) is 36.7 Å². The fourth-order valence-electron chi connectivity index (χ4n) is 1.25. The molecule has 1 atom stereocenters. The number of nitrogens with zero attached hydrogens (tertiary/aromatic N) is 1. The van der Waals surface area contributed by atoms with Gasteiger partial charge in [0.05, 0.1) is 5.69 Å². The van der Waals surface area contributed by atoms with E-state index in [4.69, 9.17) is 0 Å². The van der Waals surface area contributed by atoms with Crippen LogP contribution in [0.25, 0.3) is 5.69 Å². The Morgan fingerprint density at radius 1 is 1.07 bits per heavy atom. The van der Waals surface area contributed by atoms with Crippen molar-refractivity contribution in [1.29, 1.82) is 0 Å². The topological polar surface area (TPSA) is 4.93 Å². The zero-order valence-electron chi connectivity index (χ0n) is 7.24. The summed E-state index contributed by atoms with van der Waals surface area (Å²) in [6.07, 6.45) is 3.42. The van der Waals surface area contributed by atoms with E-state index >= 15 is 0 Å². The van der Waals surface area contributed by atoms with E-state index in [0.29, 0.717) is 5.69 Å². The van der Waals surface area contributed by atoms with E-state index in [1.54, 1.807) is 29.1 Å². The van der Waals surface area contributed by atoms with Crippen molar-refractivity contribution in [3.63, 3.8) is 0 Å². The molecule has 1 nitrogen and oxygen atoms in total. The number of halogens is 2. The summed E-state index contributed by atoms with van der Waals surface area (Å²) in [5.41, 5.74) is 0.349. The van der Waals surface area contributed by atoms with Crippen LogP contribution in [-0.2, 0) is 0 Å². The molecule has 1 aromatic carbocycles. The summed E-state index contributed by atoms with van der Waals surface area (Å²) in [5.74, 6) is -1.10. The minimum Gasteiger partial charge on any atom is -0.321 e. The van der Waals surface area contributed by atoms with E-state index in [9.17, 15) is 8.78 Å². The molecular weight excluding hydrogens is 203 g/mol. The molecule has 0 spiro atoms. The molecule has 1 unspecified atom stereocenters. The summed E-state index contributed by atoms with van der Waals surface area (Å²) in [5, 5.41) is -0.0313. The lowest BCUT2D eigenvalue weighted by atomic mass is 10.3. The van der Waals surface area contributed by atoms with Gasteiger partial charge in [-0.15, -0.1) is 0 Å². The van der Waals surface area contributed by atoms with Gasteiger partial charge in [0.1, 0.15) is 5.82 Å². The van der Waals surface area contributed by atoms with Crippen molar-refractivity contribution in [2.75, 3.05) is 0 Å². The highest BCUT2D eigenvalue weighted by atomic mass is 31.0. The molecule has 0 aliphatic heterocycles. The Hall–Kier alpha value is -1.21. The Kier molecular flexibility index (Phi) is 2.34. The summed E-state index contributed by atoms with van der Waals surface area (Å²) in [7, 11) is 2.06. The van der Waals surface area contributed by atoms with Crippen LogP contribution in [0.5, 0.6) is 0 Å². The van der Waals surface area contributed by atoms with Crippen molar-refractivity contribution < 1.29 is 8.78 Å². The number of benzene rings is 1. The van der Waals surface area contributed by atoms with Gasteiger partial charge in [0.15, 0.2) is 5.82 Å². The van der Waals surface area contributed by atoms with Gasteiger partial charge in [-0.25, -0.2) is 8.78 Å². The summed E-state index contributed by atoms with van der Waals surface area (Å²) in [4.78, 5) is 0. The molecule has 0 aliphatic carbocycles. The number of aromatic nitrogens is 1. The highest BCUT2D eigenvalue weighted by Gasteiger charge is 2.10. The highest BCUT2D eigenvalue weighted by molar-refractivity contribution is 7.27. The summed E-state index contributed by atoms with van der Waals surface area (Å²) < 4.78 is 28.1. The van der Waals surface area contributed by atoms with Gasteiger partial charge in [0, 0.05) is 17.7 Å². The lowest BCUT2D eigenvalue weighted by Crippen LogP contribution is -2.09. The average Bonchev–Trinajstić information content (AvgIpc) is 2.67. The Morgan fingerprint density at radius 2 is 1.71 bits per heavy atom. The van der Waals surface area contributed by atoms with Gasteiger partial charge in [-0.2, -0.15) is 0 Å². The average molecular weight is 211 g/mol. The molecule has 0 aliphatic rings. The maximum absolute atomic E-state index is 13.5. The van der Waals surface area contributed by atoms with E-state index in [2.05, 4.69) is 9.24 Å². The van der Waals surface area contributed by atoms with Crippen molar-refractivity contribution in [2.45, 2.75) is 0 Å². The van der Waals surface area contributed by atoms with Crippen LogP contribution in [-0.4, -0.2) is 4.57 Å². The van der Waals surface area contributed by atoms with E-state index in [1.165, 1.54) is 12.1 Å². The largest absolute Gasteiger partial charge is 0.321 e. The Balaban J connectivity index is 2.61. The van der Waals surface area contributed by atoms with Gasteiger partial charge in [0.25, 0.3) is 0 Å². The molecule has 0 bridgehead atoms. The SMILES string of the molecule is Fc1ccc(-n2cccc2)c(F)c1P. The minimum absolute atomic E-state index is 0.0313. The molecule has 0 saturated carbocycles. The van der Waals surface area contributed by atoms with Crippen LogP contribution in [0.1, 0.15) is 0 Å². The summed E-state index contributed by atoms with van der Waals surface area (Å²) in [6.45, 7) is 0.